The molecule has 1 aliphatic carbocycles. The Labute approximate surface area is 144 Å². The van der Waals surface area contributed by atoms with E-state index in [0.717, 1.165) is 12.8 Å². The van der Waals surface area contributed by atoms with Gasteiger partial charge in [0.15, 0.2) is 0 Å². The van der Waals surface area contributed by atoms with Crippen molar-refractivity contribution in [2.45, 2.75) is 44.9 Å². The van der Waals surface area contributed by atoms with Crippen LogP contribution < -0.4 is 10.1 Å². The monoisotopic (exact) mass is 350 g/mol. The van der Waals surface area contributed by atoms with E-state index in [2.05, 4.69) is 15.0 Å². The molecule has 0 saturated heterocycles. The second kappa shape index (κ2) is 6.55. The van der Waals surface area contributed by atoms with Gasteiger partial charge in [-0.1, -0.05) is 0 Å². The number of carbonyl (C=O) groups excluding carboxylic acids is 1. The van der Waals surface area contributed by atoms with Crippen LogP contribution >= 0.6 is 0 Å². The van der Waals surface area contributed by atoms with Crippen LogP contribution in [0, 0.1) is 5.92 Å². The molecule has 134 valence electrons. The molecule has 1 saturated carbocycles. The smallest absolute Gasteiger partial charge is 0.387 e. The molecular weight excluding hydrogens is 330 g/mol. The first kappa shape index (κ1) is 17.5. The molecule has 2 aromatic rings. The van der Waals surface area contributed by atoms with E-state index in [-0.39, 0.29) is 23.6 Å². The van der Waals surface area contributed by atoms with Crippen molar-refractivity contribution < 1.29 is 23.4 Å². The number of benzene rings is 1. The second-order valence-electron chi connectivity index (χ2n) is 6.95. The molecule has 0 aliphatic heterocycles. The molecule has 1 fully saturated rings. The molecule has 0 atom stereocenters. The van der Waals surface area contributed by atoms with Crippen molar-refractivity contribution in [1.82, 2.24) is 10.3 Å². The molecule has 0 unspecified atom stereocenters. The minimum Gasteiger partial charge on any atom is -0.435 e. The zero-order valence-corrected chi connectivity index (χ0v) is 14.0. The Morgan fingerprint density at radius 3 is 2.72 bits per heavy atom. The molecule has 3 rings (SSSR count). The van der Waals surface area contributed by atoms with Gasteiger partial charge in [0.05, 0.1) is 16.7 Å². The minimum atomic E-state index is -2.89. The van der Waals surface area contributed by atoms with Crippen LogP contribution in [0.5, 0.6) is 5.75 Å². The van der Waals surface area contributed by atoms with Crippen molar-refractivity contribution in [3.05, 3.63) is 36.0 Å². The van der Waals surface area contributed by atoms with Crippen molar-refractivity contribution in [2.75, 3.05) is 0 Å². The average Bonchev–Trinajstić information content (AvgIpc) is 2.47. The molecule has 0 radical (unpaired) electrons. The van der Waals surface area contributed by atoms with Gasteiger partial charge >= 0.3 is 6.61 Å². The van der Waals surface area contributed by atoms with Gasteiger partial charge in [-0.2, -0.15) is 8.78 Å². The summed E-state index contributed by atoms with van der Waals surface area (Å²) in [4.78, 5) is 16.5. The zero-order valence-electron chi connectivity index (χ0n) is 14.0. The molecule has 5 nitrogen and oxygen atoms in total. The maximum absolute atomic E-state index is 12.3. The minimum absolute atomic E-state index is 0.0272. The van der Waals surface area contributed by atoms with E-state index in [1.807, 2.05) is 0 Å². The Bertz CT molecular complexity index is 783. The quantitative estimate of drug-likeness (QED) is 0.869. The first-order valence-electron chi connectivity index (χ1n) is 8.10. The summed E-state index contributed by atoms with van der Waals surface area (Å²) in [5.74, 6) is -0.0263. The third-order valence-corrected chi connectivity index (χ3v) is 4.62. The molecule has 25 heavy (non-hydrogen) atoms. The molecule has 1 aromatic carbocycles. The van der Waals surface area contributed by atoms with E-state index in [1.54, 1.807) is 26.0 Å². The molecule has 1 aromatic heterocycles. The molecule has 1 heterocycles. The number of hydrogen-bond donors (Lipinski definition) is 2. The third-order valence-electron chi connectivity index (χ3n) is 4.62. The van der Waals surface area contributed by atoms with Crippen molar-refractivity contribution >= 4 is 16.8 Å². The van der Waals surface area contributed by atoms with Crippen molar-refractivity contribution in [3.8, 4) is 5.75 Å². The van der Waals surface area contributed by atoms with Crippen LogP contribution in [0.2, 0.25) is 0 Å². The lowest BCUT2D eigenvalue weighted by Crippen LogP contribution is -2.50. The third kappa shape index (κ3) is 4.04. The maximum atomic E-state index is 12.3. The second-order valence-corrected chi connectivity index (χ2v) is 6.95. The van der Waals surface area contributed by atoms with Gasteiger partial charge in [0.25, 0.3) is 5.91 Å². The SMILES string of the molecule is CC(C)(O)C1CC(NC(=O)c2cnc3cc(OC(F)F)ccc3c2)C1. The van der Waals surface area contributed by atoms with Crippen molar-refractivity contribution in [2.24, 2.45) is 5.92 Å². The van der Waals surface area contributed by atoms with Gasteiger partial charge in [-0.3, -0.25) is 9.78 Å². The number of fused-ring (bicyclic) bond motifs is 1. The Hall–Kier alpha value is -2.28. The number of halogens is 2. The van der Waals surface area contributed by atoms with Gasteiger partial charge < -0.3 is 15.2 Å². The van der Waals surface area contributed by atoms with Gasteiger partial charge in [0, 0.05) is 23.7 Å². The number of nitrogens with one attached hydrogen (secondary N) is 1. The summed E-state index contributed by atoms with van der Waals surface area (Å²) in [6.45, 7) is 0.655. The molecule has 7 heteroatoms. The predicted octanol–water partition coefficient (Wildman–Crippen LogP) is 3.12. The molecular formula is C18H20F2N2O3. The van der Waals surface area contributed by atoms with Crippen LogP contribution in [-0.4, -0.2) is 34.3 Å². The van der Waals surface area contributed by atoms with E-state index in [0.29, 0.717) is 16.5 Å². The summed E-state index contributed by atoms with van der Waals surface area (Å²) >= 11 is 0. The Balaban J connectivity index is 1.66. The van der Waals surface area contributed by atoms with Crippen molar-refractivity contribution in [1.29, 1.82) is 0 Å². The van der Waals surface area contributed by atoms with Gasteiger partial charge in [-0.05, 0) is 50.8 Å². The summed E-state index contributed by atoms with van der Waals surface area (Å²) in [6, 6.07) is 6.11. The lowest BCUT2D eigenvalue weighted by molar-refractivity contribution is -0.0497. The number of ether oxygens (including phenoxy) is 1. The van der Waals surface area contributed by atoms with E-state index >= 15 is 0 Å². The molecule has 0 spiro atoms. The number of pyridine rings is 1. The molecule has 2 N–H and O–H groups in total. The number of rotatable bonds is 5. The van der Waals surface area contributed by atoms with Crippen LogP contribution in [0.3, 0.4) is 0 Å². The van der Waals surface area contributed by atoms with Crippen LogP contribution in [-0.2, 0) is 0 Å². The summed E-state index contributed by atoms with van der Waals surface area (Å²) in [5, 5.41) is 13.5. The van der Waals surface area contributed by atoms with Gasteiger partial charge in [-0.25, -0.2) is 0 Å². The lowest BCUT2D eigenvalue weighted by Gasteiger charge is -2.42. The molecule has 0 bridgehead atoms. The lowest BCUT2D eigenvalue weighted by atomic mass is 9.71. The molecule has 1 amide bonds. The first-order chi connectivity index (χ1) is 11.7. The topological polar surface area (TPSA) is 71.5 Å². The highest BCUT2D eigenvalue weighted by atomic mass is 19.3. The maximum Gasteiger partial charge on any atom is 0.387 e. The predicted molar refractivity (Wildman–Crippen MR) is 88.7 cm³/mol. The fraction of sp³-hybridized carbons (Fsp3) is 0.444. The molecule has 1 aliphatic rings. The summed E-state index contributed by atoms with van der Waals surface area (Å²) in [5.41, 5.74) is 0.145. The highest BCUT2D eigenvalue weighted by Gasteiger charge is 2.39. The largest absolute Gasteiger partial charge is 0.435 e. The van der Waals surface area contributed by atoms with Gasteiger partial charge in [0.1, 0.15) is 5.75 Å². The number of aliphatic hydroxyl groups is 1. The fourth-order valence-corrected chi connectivity index (χ4v) is 2.98. The number of carbonyl (C=O) groups is 1. The first-order valence-corrected chi connectivity index (χ1v) is 8.10. The van der Waals surface area contributed by atoms with Crippen LogP contribution in [0.1, 0.15) is 37.0 Å². The van der Waals surface area contributed by atoms with Crippen LogP contribution in [0.15, 0.2) is 30.5 Å². The number of aromatic nitrogens is 1. The number of hydrogen-bond acceptors (Lipinski definition) is 4. The van der Waals surface area contributed by atoms with Crippen LogP contribution in [0.4, 0.5) is 8.78 Å². The average molecular weight is 350 g/mol. The van der Waals surface area contributed by atoms with Crippen molar-refractivity contribution in [3.63, 3.8) is 0 Å². The number of nitrogens with zero attached hydrogens (tertiary/aromatic N) is 1. The van der Waals surface area contributed by atoms with E-state index in [4.69, 9.17) is 0 Å². The highest BCUT2D eigenvalue weighted by Crippen LogP contribution is 2.36. The summed E-state index contributed by atoms with van der Waals surface area (Å²) in [7, 11) is 0. The van der Waals surface area contributed by atoms with Gasteiger partial charge in [-0.15, -0.1) is 0 Å². The standard InChI is InChI=1S/C18H20F2N2O3/c1-18(2,24)12-6-13(7-12)22-16(23)11-5-10-3-4-14(25-17(19)20)8-15(10)21-9-11/h3-5,8-9,12-13,17,24H,6-7H2,1-2H3,(H,22,23). The zero-order chi connectivity index (χ0) is 18.2. The number of amides is 1. The van der Waals surface area contributed by atoms with Gasteiger partial charge in [0.2, 0.25) is 0 Å². The number of alkyl halides is 2. The normalized spacial score (nSPS) is 20.4. The van der Waals surface area contributed by atoms with Crippen LogP contribution in [0.25, 0.3) is 10.9 Å². The van der Waals surface area contributed by atoms with E-state index in [9.17, 15) is 18.7 Å². The Kier molecular flexibility index (Phi) is 4.60. The van der Waals surface area contributed by atoms with E-state index in [1.165, 1.54) is 18.3 Å². The highest BCUT2D eigenvalue weighted by molar-refractivity contribution is 5.97. The Morgan fingerprint density at radius 1 is 1.36 bits per heavy atom. The Morgan fingerprint density at radius 2 is 2.08 bits per heavy atom. The fourth-order valence-electron chi connectivity index (χ4n) is 2.98. The van der Waals surface area contributed by atoms with E-state index < -0.39 is 12.2 Å². The summed E-state index contributed by atoms with van der Waals surface area (Å²) in [6.07, 6.45) is 2.89. The summed E-state index contributed by atoms with van der Waals surface area (Å²) < 4.78 is 28.8.